The number of carboxylic acid groups (broad SMARTS) is 1. The van der Waals surface area contributed by atoms with E-state index in [4.69, 9.17) is 22.0 Å². The number of nitriles is 1. The zero-order chi connectivity index (χ0) is 14.7. The summed E-state index contributed by atoms with van der Waals surface area (Å²) in [6.07, 6.45) is 0. The highest BCUT2D eigenvalue weighted by atomic mass is 79.9. The van der Waals surface area contributed by atoms with E-state index in [9.17, 15) is 4.79 Å². The molecule has 0 heterocycles. The summed E-state index contributed by atoms with van der Waals surface area (Å²) in [7, 11) is 0. The second-order valence-corrected chi connectivity index (χ2v) is 6.21. The molecule has 2 aromatic carbocycles. The van der Waals surface area contributed by atoms with Gasteiger partial charge in [0.05, 0.1) is 11.1 Å². The first kappa shape index (κ1) is 14.9. The molecule has 0 atom stereocenters. The highest BCUT2D eigenvalue weighted by molar-refractivity contribution is 9.10. The van der Waals surface area contributed by atoms with Crippen molar-refractivity contribution in [2.75, 3.05) is 0 Å². The third kappa shape index (κ3) is 3.34. The molecule has 0 amide bonds. The van der Waals surface area contributed by atoms with Gasteiger partial charge in [0.1, 0.15) is 6.07 Å². The van der Waals surface area contributed by atoms with Crippen LogP contribution in [0.15, 0.2) is 50.7 Å². The highest BCUT2D eigenvalue weighted by Gasteiger charge is 2.11. The van der Waals surface area contributed by atoms with Crippen LogP contribution < -0.4 is 0 Å². The average Bonchev–Trinajstić information content (AvgIpc) is 2.42. The van der Waals surface area contributed by atoms with Crippen molar-refractivity contribution < 1.29 is 9.90 Å². The van der Waals surface area contributed by atoms with E-state index in [2.05, 4.69) is 22.0 Å². The summed E-state index contributed by atoms with van der Waals surface area (Å²) in [5.41, 5.74) is 0.643. The zero-order valence-electron chi connectivity index (χ0n) is 9.93. The van der Waals surface area contributed by atoms with Gasteiger partial charge >= 0.3 is 5.97 Å². The number of hydrogen-bond acceptors (Lipinski definition) is 3. The molecule has 2 aromatic rings. The van der Waals surface area contributed by atoms with Crippen molar-refractivity contribution in [1.29, 1.82) is 5.26 Å². The smallest absolute Gasteiger partial charge is 0.336 e. The number of hydrogen-bond donors (Lipinski definition) is 1. The molecule has 3 nitrogen and oxygen atoms in total. The molecule has 6 heteroatoms. The van der Waals surface area contributed by atoms with Gasteiger partial charge in [0, 0.05) is 19.3 Å². The minimum Gasteiger partial charge on any atom is -0.478 e. The van der Waals surface area contributed by atoms with Crippen molar-refractivity contribution >= 4 is 45.3 Å². The van der Waals surface area contributed by atoms with Crippen LogP contribution in [0.2, 0.25) is 5.02 Å². The van der Waals surface area contributed by atoms with Gasteiger partial charge in [0.2, 0.25) is 0 Å². The molecule has 0 aliphatic heterocycles. The lowest BCUT2D eigenvalue weighted by atomic mass is 10.2. The average molecular weight is 369 g/mol. The summed E-state index contributed by atoms with van der Waals surface area (Å²) in [5.74, 6) is -1.00. The maximum absolute atomic E-state index is 11.1. The van der Waals surface area contributed by atoms with Crippen LogP contribution >= 0.6 is 39.3 Å². The van der Waals surface area contributed by atoms with Crippen LogP contribution in [0.3, 0.4) is 0 Å². The van der Waals surface area contributed by atoms with Crippen LogP contribution in [-0.2, 0) is 0 Å². The van der Waals surface area contributed by atoms with Crippen molar-refractivity contribution in [2.45, 2.75) is 9.79 Å². The van der Waals surface area contributed by atoms with Crippen LogP contribution in [-0.4, -0.2) is 11.1 Å². The van der Waals surface area contributed by atoms with E-state index in [1.807, 2.05) is 0 Å². The first-order valence-electron chi connectivity index (χ1n) is 5.41. The Balaban J connectivity index is 2.38. The molecule has 2 rings (SSSR count). The maximum atomic E-state index is 11.1. The van der Waals surface area contributed by atoms with Crippen molar-refractivity contribution in [3.05, 3.63) is 57.0 Å². The summed E-state index contributed by atoms with van der Waals surface area (Å²) in [5, 5.41) is 18.7. The van der Waals surface area contributed by atoms with Gasteiger partial charge in [-0.15, -0.1) is 0 Å². The van der Waals surface area contributed by atoms with Gasteiger partial charge in [0.25, 0.3) is 0 Å². The first-order chi connectivity index (χ1) is 9.51. The van der Waals surface area contributed by atoms with Gasteiger partial charge in [-0.1, -0.05) is 23.4 Å². The van der Waals surface area contributed by atoms with Crippen molar-refractivity contribution in [2.24, 2.45) is 0 Å². The molecular weight excluding hydrogens is 362 g/mol. The monoisotopic (exact) mass is 367 g/mol. The first-order valence-corrected chi connectivity index (χ1v) is 7.40. The Labute approximate surface area is 133 Å². The Bertz CT molecular complexity index is 728. The fourth-order valence-corrected chi connectivity index (χ4v) is 3.04. The van der Waals surface area contributed by atoms with E-state index < -0.39 is 5.97 Å². The minimum absolute atomic E-state index is 0.183. The number of carboxylic acids is 1. The van der Waals surface area contributed by atoms with Gasteiger partial charge in [0.15, 0.2) is 0 Å². The van der Waals surface area contributed by atoms with Gasteiger partial charge < -0.3 is 5.11 Å². The Kier molecular flexibility index (Phi) is 4.71. The van der Waals surface area contributed by atoms with Gasteiger partial charge in [-0.3, -0.25) is 0 Å². The van der Waals surface area contributed by atoms with Crippen LogP contribution in [0, 0.1) is 11.3 Å². The molecule has 0 aliphatic carbocycles. The highest BCUT2D eigenvalue weighted by Crippen LogP contribution is 2.33. The van der Waals surface area contributed by atoms with Gasteiger partial charge in [-0.05, 0) is 52.3 Å². The van der Waals surface area contributed by atoms with E-state index in [1.54, 1.807) is 36.4 Å². The van der Waals surface area contributed by atoms with E-state index >= 15 is 0 Å². The molecule has 1 N–H and O–H groups in total. The van der Waals surface area contributed by atoms with E-state index in [0.717, 1.165) is 9.79 Å². The summed E-state index contributed by atoms with van der Waals surface area (Å²) in [6, 6.07) is 12.1. The molecule has 20 heavy (non-hydrogen) atoms. The maximum Gasteiger partial charge on any atom is 0.336 e. The quantitative estimate of drug-likeness (QED) is 0.843. The SMILES string of the molecule is N#Cc1cc(Cl)ccc1Sc1ccc(Br)c(C(=O)O)c1. The zero-order valence-corrected chi connectivity index (χ0v) is 13.1. The number of aromatic carboxylic acids is 1. The predicted molar refractivity (Wildman–Crippen MR) is 81.4 cm³/mol. The molecule has 0 saturated heterocycles. The molecule has 0 aromatic heterocycles. The normalized spacial score (nSPS) is 10.1. The summed E-state index contributed by atoms with van der Waals surface area (Å²) < 4.78 is 0.519. The Hall–Kier alpha value is -1.48. The number of carbonyl (C=O) groups is 1. The molecule has 0 saturated carbocycles. The lowest BCUT2D eigenvalue weighted by molar-refractivity contribution is 0.0695. The third-order valence-corrected chi connectivity index (χ3v) is 4.45. The van der Waals surface area contributed by atoms with Crippen LogP contribution in [0.25, 0.3) is 0 Å². The Morgan fingerprint density at radius 1 is 1.30 bits per heavy atom. The summed E-state index contributed by atoms with van der Waals surface area (Å²) >= 11 is 10.4. The van der Waals surface area contributed by atoms with Gasteiger partial charge in [-0.2, -0.15) is 5.26 Å². The number of nitrogens with zero attached hydrogens (tertiary/aromatic N) is 1. The van der Waals surface area contributed by atoms with Crippen LogP contribution in [0.5, 0.6) is 0 Å². The standard InChI is InChI=1S/C14H7BrClNO2S/c15-12-3-2-10(6-11(12)14(18)19)20-13-4-1-9(16)5-8(13)7-17/h1-6H,(H,18,19). The predicted octanol–water partition coefficient (Wildman–Crippen LogP) is 4.82. The van der Waals surface area contributed by atoms with Crippen molar-refractivity contribution in [3.8, 4) is 6.07 Å². The van der Waals surface area contributed by atoms with E-state index in [1.165, 1.54) is 11.8 Å². The summed E-state index contributed by atoms with van der Waals surface area (Å²) in [6.45, 7) is 0. The fraction of sp³-hybridized carbons (Fsp3) is 0. The van der Waals surface area contributed by atoms with E-state index in [-0.39, 0.29) is 5.56 Å². The van der Waals surface area contributed by atoms with E-state index in [0.29, 0.717) is 15.1 Å². The lowest BCUT2D eigenvalue weighted by Gasteiger charge is -2.06. The fourth-order valence-electron chi connectivity index (χ4n) is 1.54. The molecule has 0 spiro atoms. The molecule has 0 unspecified atom stereocenters. The molecule has 0 fully saturated rings. The summed E-state index contributed by atoms with van der Waals surface area (Å²) in [4.78, 5) is 12.6. The molecule has 100 valence electrons. The topological polar surface area (TPSA) is 61.1 Å². The minimum atomic E-state index is -1.00. The number of halogens is 2. The molecule has 0 bridgehead atoms. The second kappa shape index (κ2) is 6.31. The van der Waals surface area contributed by atoms with Crippen molar-refractivity contribution in [3.63, 3.8) is 0 Å². The largest absolute Gasteiger partial charge is 0.478 e. The van der Waals surface area contributed by atoms with Crippen LogP contribution in [0.4, 0.5) is 0 Å². The Morgan fingerprint density at radius 3 is 2.70 bits per heavy atom. The van der Waals surface area contributed by atoms with Crippen LogP contribution in [0.1, 0.15) is 15.9 Å². The second-order valence-electron chi connectivity index (χ2n) is 3.80. The molecular formula is C14H7BrClNO2S. The number of rotatable bonds is 3. The van der Waals surface area contributed by atoms with Gasteiger partial charge in [-0.25, -0.2) is 4.79 Å². The lowest BCUT2D eigenvalue weighted by Crippen LogP contribution is -1.97. The number of benzene rings is 2. The Morgan fingerprint density at radius 2 is 2.05 bits per heavy atom. The van der Waals surface area contributed by atoms with Crippen molar-refractivity contribution in [1.82, 2.24) is 0 Å². The molecule has 0 aliphatic rings. The third-order valence-electron chi connectivity index (χ3n) is 2.46. The molecule has 0 radical (unpaired) electrons.